The maximum atomic E-state index is 10.9. The molecule has 0 amide bonds. The Morgan fingerprint density at radius 3 is 3.08 bits per heavy atom. The molecule has 0 N–H and O–H groups in total. The molecule has 0 saturated heterocycles. The van der Waals surface area contributed by atoms with Crippen LogP contribution in [0.15, 0.2) is 24.5 Å². The van der Waals surface area contributed by atoms with Crippen molar-refractivity contribution >= 4 is 12.0 Å². The van der Waals surface area contributed by atoms with E-state index in [0.717, 1.165) is 5.56 Å². The molecule has 13 heavy (non-hydrogen) atoms. The minimum atomic E-state index is -0.348. The first-order valence-corrected chi connectivity index (χ1v) is 3.94. The molecule has 1 aromatic rings. The lowest BCUT2D eigenvalue weighted by Gasteiger charge is -1.94. The first-order chi connectivity index (χ1) is 6.33. The van der Waals surface area contributed by atoms with E-state index in [9.17, 15) is 4.79 Å². The summed E-state index contributed by atoms with van der Waals surface area (Å²) in [5, 5.41) is 7.26. The number of esters is 1. The van der Waals surface area contributed by atoms with Crippen LogP contribution in [0.2, 0.25) is 0 Å². The Bertz CT molecular complexity index is 296. The van der Waals surface area contributed by atoms with E-state index in [1.165, 1.54) is 6.08 Å². The zero-order chi connectivity index (χ0) is 9.52. The molecular formula is C9H10N2O2. The summed E-state index contributed by atoms with van der Waals surface area (Å²) in [7, 11) is 0. The van der Waals surface area contributed by atoms with Gasteiger partial charge in [-0.3, -0.25) is 0 Å². The predicted octanol–water partition coefficient (Wildman–Crippen LogP) is 1.05. The van der Waals surface area contributed by atoms with Crippen LogP contribution in [-0.4, -0.2) is 22.8 Å². The number of carbonyl (C=O) groups is 1. The number of hydrogen-bond donors (Lipinski definition) is 0. The molecule has 0 atom stereocenters. The van der Waals surface area contributed by atoms with E-state index in [0.29, 0.717) is 6.61 Å². The average Bonchev–Trinajstić information content (AvgIpc) is 2.17. The Kier molecular flexibility index (Phi) is 3.63. The van der Waals surface area contributed by atoms with E-state index in [2.05, 4.69) is 10.2 Å². The van der Waals surface area contributed by atoms with Crippen LogP contribution < -0.4 is 0 Å². The van der Waals surface area contributed by atoms with Crippen LogP contribution in [0.25, 0.3) is 6.08 Å². The molecule has 0 aromatic carbocycles. The lowest BCUT2D eigenvalue weighted by Crippen LogP contribution is -1.98. The van der Waals surface area contributed by atoms with Gasteiger partial charge in [0.05, 0.1) is 19.0 Å². The minimum Gasteiger partial charge on any atom is -0.463 e. The fourth-order valence-electron chi connectivity index (χ4n) is 0.754. The van der Waals surface area contributed by atoms with Gasteiger partial charge in [-0.05, 0) is 24.6 Å². The molecule has 0 bridgehead atoms. The van der Waals surface area contributed by atoms with Gasteiger partial charge in [-0.1, -0.05) is 0 Å². The molecule has 1 rings (SSSR count). The summed E-state index contributed by atoms with van der Waals surface area (Å²) in [6, 6.07) is 1.75. The van der Waals surface area contributed by atoms with E-state index >= 15 is 0 Å². The van der Waals surface area contributed by atoms with E-state index < -0.39 is 0 Å². The van der Waals surface area contributed by atoms with Gasteiger partial charge in [-0.25, -0.2) is 4.79 Å². The fraction of sp³-hybridized carbons (Fsp3) is 0.222. The molecular weight excluding hydrogens is 168 g/mol. The Morgan fingerprint density at radius 1 is 1.62 bits per heavy atom. The molecule has 0 fully saturated rings. The van der Waals surface area contributed by atoms with E-state index in [1.807, 2.05) is 0 Å². The van der Waals surface area contributed by atoms with Crippen LogP contribution in [0.3, 0.4) is 0 Å². The highest BCUT2D eigenvalue weighted by Crippen LogP contribution is 1.97. The van der Waals surface area contributed by atoms with Gasteiger partial charge < -0.3 is 4.74 Å². The molecule has 0 unspecified atom stereocenters. The van der Waals surface area contributed by atoms with Crippen molar-refractivity contribution in [2.45, 2.75) is 6.92 Å². The van der Waals surface area contributed by atoms with Crippen LogP contribution in [0.5, 0.6) is 0 Å². The van der Waals surface area contributed by atoms with Crippen molar-refractivity contribution in [3.05, 3.63) is 30.1 Å². The van der Waals surface area contributed by atoms with Crippen molar-refractivity contribution in [3.8, 4) is 0 Å². The van der Waals surface area contributed by atoms with Crippen molar-refractivity contribution in [2.24, 2.45) is 0 Å². The number of carbonyl (C=O) groups excluding carboxylic acids is 1. The van der Waals surface area contributed by atoms with Gasteiger partial charge in [0, 0.05) is 6.08 Å². The molecule has 0 aliphatic carbocycles. The topological polar surface area (TPSA) is 52.1 Å². The molecule has 0 saturated carbocycles. The lowest BCUT2D eigenvalue weighted by atomic mass is 10.3. The summed E-state index contributed by atoms with van der Waals surface area (Å²) in [5.41, 5.74) is 0.822. The summed E-state index contributed by atoms with van der Waals surface area (Å²) in [6.07, 6.45) is 6.12. The molecule has 0 spiro atoms. The van der Waals surface area contributed by atoms with Crippen LogP contribution in [-0.2, 0) is 9.53 Å². The van der Waals surface area contributed by atoms with Gasteiger partial charge in [-0.15, -0.1) is 0 Å². The van der Waals surface area contributed by atoms with E-state index in [4.69, 9.17) is 4.74 Å². The van der Waals surface area contributed by atoms with Crippen molar-refractivity contribution < 1.29 is 9.53 Å². The first kappa shape index (κ1) is 9.38. The number of hydrogen-bond acceptors (Lipinski definition) is 4. The number of aromatic nitrogens is 2. The number of rotatable bonds is 3. The third kappa shape index (κ3) is 3.46. The number of ether oxygens (including phenoxy) is 1. The fourth-order valence-corrected chi connectivity index (χ4v) is 0.754. The van der Waals surface area contributed by atoms with Gasteiger partial charge in [0.25, 0.3) is 0 Å². The quantitative estimate of drug-likeness (QED) is 0.513. The second kappa shape index (κ2) is 5.03. The molecule has 0 radical (unpaired) electrons. The Balaban J connectivity index is 2.54. The molecule has 1 heterocycles. The van der Waals surface area contributed by atoms with Gasteiger partial charge in [-0.2, -0.15) is 10.2 Å². The Morgan fingerprint density at radius 2 is 2.46 bits per heavy atom. The first-order valence-electron chi connectivity index (χ1n) is 3.94. The molecule has 0 aliphatic heterocycles. The standard InChI is InChI=1S/C9H10N2O2/c1-2-13-9(12)4-3-8-5-6-10-11-7-8/h3-7H,2H2,1H3/b4-3+. The average molecular weight is 178 g/mol. The molecule has 4 nitrogen and oxygen atoms in total. The highest BCUT2D eigenvalue weighted by molar-refractivity contribution is 5.86. The summed E-state index contributed by atoms with van der Waals surface area (Å²) < 4.78 is 4.70. The van der Waals surface area contributed by atoms with Crippen molar-refractivity contribution in [3.63, 3.8) is 0 Å². The summed E-state index contributed by atoms with van der Waals surface area (Å²) in [6.45, 7) is 2.15. The van der Waals surface area contributed by atoms with E-state index in [-0.39, 0.29) is 5.97 Å². The second-order valence-electron chi connectivity index (χ2n) is 2.26. The largest absolute Gasteiger partial charge is 0.463 e. The highest BCUT2D eigenvalue weighted by atomic mass is 16.5. The van der Waals surface area contributed by atoms with E-state index in [1.54, 1.807) is 31.5 Å². The summed E-state index contributed by atoms with van der Waals surface area (Å²) in [5.74, 6) is -0.348. The van der Waals surface area contributed by atoms with Crippen LogP contribution in [0.1, 0.15) is 12.5 Å². The summed E-state index contributed by atoms with van der Waals surface area (Å²) >= 11 is 0. The molecule has 4 heteroatoms. The van der Waals surface area contributed by atoms with Crippen LogP contribution in [0.4, 0.5) is 0 Å². The Hall–Kier alpha value is -1.71. The maximum Gasteiger partial charge on any atom is 0.330 e. The lowest BCUT2D eigenvalue weighted by molar-refractivity contribution is -0.137. The minimum absolute atomic E-state index is 0.348. The smallest absolute Gasteiger partial charge is 0.330 e. The zero-order valence-electron chi connectivity index (χ0n) is 7.30. The molecule has 68 valence electrons. The third-order valence-electron chi connectivity index (χ3n) is 1.31. The molecule has 0 aliphatic rings. The maximum absolute atomic E-state index is 10.9. The highest BCUT2D eigenvalue weighted by Gasteiger charge is 1.92. The Labute approximate surface area is 76.2 Å². The third-order valence-corrected chi connectivity index (χ3v) is 1.31. The van der Waals surface area contributed by atoms with Gasteiger partial charge in [0.2, 0.25) is 0 Å². The normalized spacial score (nSPS) is 10.2. The van der Waals surface area contributed by atoms with Gasteiger partial charge in [0.1, 0.15) is 0 Å². The van der Waals surface area contributed by atoms with Crippen molar-refractivity contribution in [1.82, 2.24) is 10.2 Å². The van der Waals surface area contributed by atoms with Crippen LogP contribution >= 0.6 is 0 Å². The number of nitrogens with zero attached hydrogens (tertiary/aromatic N) is 2. The van der Waals surface area contributed by atoms with Gasteiger partial charge in [0.15, 0.2) is 0 Å². The SMILES string of the molecule is CCOC(=O)/C=C/c1ccnnc1. The van der Waals surface area contributed by atoms with Crippen LogP contribution in [0, 0.1) is 0 Å². The van der Waals surface area contributed by atoms with Crippen molar-refractivity contribution in [2.75, 3.05) is 6.61 Å². The monoisotopic (exact) mass is 178 g/mol. The molecule has 1 aromatic heterocycles. The summed E-state index contributed by atoms with van der Waals surface area (Å²) in [4.78, 5) is 10.9. The second-order valence-corrected chi connectivity index (χ2v) is 2.26. The predicted molar refractivity (Wildman–Crippen MR) is 47.7 cm³/mol. The van der Waals surface area contributed by atoms with Crippen molar-refractivity contribution in [1.29, 1.82) is 0 Å². The zero-order valence-corrected chi connectivity index (χ0v) is 7.30. The van der Waals surface area contributed by atoms with Gasteiger partial charge >= 0.3 is 5.97 Å².